The molecule has 1 aromatic heterocycles. The molecule has 1 atom stereocenters. The van der Waals surface area contributed by atoms with Gasteiger partial charge in [0.25, 0.3) is 10.1 Å². The second-order valence-electron chi connectivity index (χ2n) is 3.58. The van der Waals surface area contributed by atoms with Crippen molar-refractivity contribution in [3.63, 3.8) is 0 Å². The maximum atomic E-state index is 10.5. The Labute approximate surface area is 104 Å². The lowest BCUT2D eigenvalue weighted by Gasteiger charge is -2.24. The van der Waals surface area contributed by atoms with Gasteiger partial charge in [0.15, 0.2) is 11.5 Å². The predicted octanol–water partition coefficient (Wildman–Crippen LogP) is 1.72. The second-order valence-corrected chi connectivity index (χ2v) is 5.90. The van der Waals surface area contributed by atoms with Gasteiger partial charge in [-0.25, -0.2) is 0 Å². The van der Waals surface area contributed by atoms with Crippen molar-refractivity contribution < 1.29 is 22.4 Å². The molecule has 17 heavy (non-hydrogen) atoms. The number of rotatable bonds is 4. The summed E-state index contributed by atoms with van der Waals surface area (Å²) in [7, 11) is -3.87. The number of thiophene rings is 1. The van der Waals surface area contributed by atoms with Gasteiger partial charge in [-0.3, -0.25) is 4.55 Å². The van der Waals surface area contributed by atoms with E-state index in [9.17, 15) is 8.42 Å². The van der Waals surface area contributed by atoms with Crippen LogP contribution in [0, 0.1) is 0 Å². The lowest BCUT2D eigenvalue weighted by molar-refractivity contribution is 0.0858. The summed E-state index contributed by atoms with van der Waals surface area (Å²) >= 11 is 1.50. The molecule has 98 valence electrons. The molecule has 6 nitrogen and oxygen atoms in total. The number of fused-ring (bicyclic) bond motifs is 1. The molecule has 0 saturated heterocycles. The van der Waals surface area contributed by atoms with Crippen molar-refractivity contribution in [2.24, 2.45) is 0 Å². The zero-order valence-electron chi connectivity index (χ0n) is 9.16. The van der Waals surface area contributed by atoms with Crippen molar-refractivity contribution in [3.8, 4) is 11.5 Å². The highest BCUT2D eigenvalue weighted by Crippen LogP contribution is 2.35. The smallest absolute Gasteiger partial charge is 0.264 e. The van der Waals surface area contributed by atoms with Crippen LogP contribution < -0.4 is 15.6 Å². The SMILES string of the molecule is N.O=S(=O)(O)CCCC1COc2cscc2O1. The van der Waals surface area contributed by atoms with Gasteiger partial charge in [-0.1, -0.05) is 0 Å². The molecule has 1 aliphatic rings. The molecule has 0 bridgehead atoms. The van der Waals surface area contributed by atoms with Crippen LogP contribution in [-0.2, 0) is 10.1 Å². The Hall–Kier alpha value is -0.830. The first-order valence-electron chi connectivity index (χ1n) is 4.85. The molecule has 1 aliphatic heterocycles. The number of hydrogen-bond donors (Lipinski definition) is 2. The molecular formula is C9H15NO5S2. The first-order valence-corrected chi connectivity index (χ1v) is 7.40. The van der Waals surface area contributed by atoms with Crippen LogP contribution in [0.5, 0.6) is 11.5 Å². The Morgan fingerprint density at radius 2 is 2.12 bits per heavy atom. The fourth-order valence-corrected chi connectivity index (χ4v) is 2.70. The molecule has 2 rings (SSSR count). The summed E-state index contributed by atoms with van der Waals surface area (Å²) in [5.74, 6) is 1.23. The van der Waals surface area contributed by atoms with Crippen LogP contribution in [0.25, 0.3) is 0 Å². The summed E-state index contributed by atoms with van der Waals surface area (Å²) in [6.45, 7) is 0.426. The third-order valence-electron chi connectivity index (χ3n) is 2.24. The van der Waals surface area contributed by atoms with Gasteiger partial charge in [-0.15, -0.1) is 11.3 Å². The highest BCUT2D eigenvalue weighted by atomic mass is 32.2. The summed E-state index contributed by atoms with van der Waals surface area (Å²) in [5, 5.41) is 3.72. The first kappa shape index (κ1) is 14.2. The van der Waals surface area contributed by atoms with Gasteiger partial charge in [-0.05, 0) is 12.8 Å². The molecule has 0 aromatic carbocycles. The minimum Gasteiger partial charge on any atom is -0.485 e. The van der Waals surface area contributed by atoms with Gasteiger partial charge in [0.05, 0.1) is 5.75 Å². The molecule has 1 aromatic rings. The zero-order valence-corrected chi connectivity index (χ0v) is 10.8. The monoisotopic (exact) mass is 281 g/mol. The molecule has 0 saturated carbocycles. The van der Waals surface area contributed by atoms with Gasteiger partial charge in [0.2, 0.25) is 0 Å². The van der Waals surface area contributed by atoms with E-state index in [1.807, 2.05) is 10.8 Å². The van der Waals surface area contributed by atoms with E-state index < -0.39 is 10.1 Å². The average molecular weight is 281 g/mol. The van der Waals surface area contributed by atoms with Gasteiger partial charge < -0.3 is 15.6 Å². The lowest BCUT2D eigenvalue weighted by atomic mass is 10.2. The summed E-state index contributed by atoms with van der Waals surface area (Å²) in [6, 6.07) is 0. The largest absolute Gasteiger partial charge is 0.485 e. The van der Waals surface area contributed by atoms with Gasteiger partial charge in [0, 0.05) is 10.8 Å². The highest BCUT2D eigenvalue weighted by Gasteiger charge is 2.21. The standard InChI is InChI=1S/C9H12O5S2.H3N/c10-16(11,12)3-1-2-7-4-13-8-5-15-6-9(8)14-7;/h5-7H,1-4H2,(H,10,11,12);1H3. The lowest BCUT2D eigenvalue weighted by Crippen LogP contribution is -2.29. The summed E-state index contributed by atoms with van der Waals surface area (Å²) in [6.07, 6.45) is 0.783. The van der Waals surface area contributed by atoms with E-state index in [0.29, 0.717) is 25.2 Å². The average Bonchev–Trinajstić information content (AvgIpc) is 2.62. The van der Waals surface area contributed by atoms with Crippen LogP contribution in [0.3, 0.4) is 0 Å². The number of ether oxygens (including phenoxy) is 2. The molecule has 0 aliphatic carbocycles. The zero-order chi connectivity index (χ0) is 11.6. The Kier molecular flexibility index (Phi) is 4.75. The van der Waals surface area contributed by atoms with E-state index >= 15 is 0 Å². The fourth-order valence-electron chi connectivity index (χ4n) is 1.50. The second kappa shape index (κ2) is 5.67. The van der Waals surface area contributed by atoms with E-state index in [4.69, 9.17) is 14.0 Å². The van der Waals surface area contributed by atoms with Crippen molar-refractivity contribution in [2.45, 2.75) is 18.9 Å². The minimum absolute atomic E-state index is 0. The van der Waals surface area contributed by atoms with Crippen LogP contribution in [0.1, 0.15) is 12.8 Å². The van der Waals surface area contributed by atoms with Gasteiger partial charge >= 0.3 is 0 Å². The number of hydrogen-bond acceptors (Lipinski definition) is 6. The molecule has 0 spiro atoms. The molecule has 4 N–H and O–H groups in total. The summed E-state index contributed by atoms with van der Waals surface area (Å²) < 4.78 is 40.6. The Morgan fingerprint density at radius 1 is 1.41 bits per heavy atom. The van der Waals surface area contributed by atoms with E-state index in [2.05, 4.69) is 0 Å². The van der Waals surface area contributed by atoms with E-state index in [1.54, 1.807) is 0 Å². The Bertz CT molecular complexity index is 456. The normalized spacial score (nSPS) is 18.5. The molecule has 0 amide bonds. The maximum Gasteiger partial charge on any atom is 0.264 e. The van der Waals surface area contributed by atoms with Crippen molar-refractivity contribution in [2.75, 3.05) is 12.4 Å². The van der Waals surface area contributed by atoms with E-state index in [-0.39, 0.29) is 18.0 Å². The van der Waals surface area contributed by atoms with Gasteiger partial charge in [-0.2, -0.15) is 8.42 Å². The Balaban J connectivity index is 0.00000144. The predicted molar refractivity (Wildman–Crippen MR) is 64.9 cm³/mol. The van der Waals surface area contributed by atoms with Crippen LogP contribution in [0.4, 0.5) is 0 Å². The third-order valence-corrected chi connectivity index (χ3v) is 3.74. The van der Waals surface area contributed by atoms with Gasteiger partial charge in [0.1, 0.15) is 12.7 Å². The van der Waals surface area contributed by atoms with Crippen LogP contribution >= 0.6 is 11.3 Å². The summed E-state index contributed by atoms with van der Waals surface area (Å²) in [5.41, 5.74) is 0. The third kappa shape index (κ3) is 4.15. The van der Waals surface area contributed by atoms with Crippen LogP contribution in [0.2, 0.25) is 0 Å². The van der Waals surface area contributed by atoms with Crippen molar-refractivity contribution >= 4 is 21.5 Å². The van der Waals surface area contributed by atoms with E-state index in [0.717, 1.165) is 5.75 Å². The Morgan fingerprint density at radius 3 is 2.82 bits per heavy atom. The first-order chi connectivity index (χ1) is 7.54. The van der Waals surface area contributed by atoms with Crippen LogP contribution in [-0.4, -0.2) is 31.4 Å². The fraction of sp³-hybridized carbons (Fsp3) is 0.556. The topological polar surface area (TPSA) is 108 Å². The van der Waals surface area contributed by atoms with E-state index in [1.165, 1.54) is 11.3 Å². The van der Waals surface area contributed by atoms with Crippen LogP contribution in [0.15, 0.2) is 10.8 Å². The maximum absolute atomic E-state index is 10.5. The quantitative estimate of drug-likeness (QED) is 0.813. The highest BCUT2D eigenvalue weighted by molar-refractivity contribution is 7.85. The molecule has 2 heterocycles. The molecule has 0 radical (unpaired) electrons. The molecular weight excluding hydrogens is 266 g/mol. The van der Waals surface area contributed by atoms with Crippen molar-refractivity contribution in [3.05, 3.63) is 10.8 Å². The van der Waals surface area contributed by atoms with Crippen molar-refractivity contribution in [1.82, 2.24) is 6.15 Å². The molecule has 8 heteroatoms. The minimum atomic E-state index is -3.87. The molecule has 1 unspecified atom stereocenters. The molecule has 0 fully saturated rings. The van der Waals surface area contributed by atoms with Crippen molar-refractivity contribution in [1.29, 1.82) is 0 Å². The summed E-state index contributed by atoms with van der Waals surface area (Å²) in [4.78, 5) is 0.